The predicted molar refractivity (Wildman–Crippen MR) is 127 cm³/mol. The van der Waals surface area contributed by atoms with Crippen molar-refractivity contribution in [3.63, 3.8) is 0 Å². The number of likely N-dealkylation sites (tertiary alicyclic amines) is 1. The fraction of sp³-hybridized carbons (Fsp3) is 0.500. The Hall–Kier alpha value is -2.74. The van der Waals surface area contributed by atoms with Crippen LogP contribution in [0.2, 0.25) is 0 Å². The maximum Gasteiger partial charge on any atom is 0.416 e. The van der Waals surface area contributed by atoms with Gasteiger partial charge in [0.25, 0.3) is 0 Å². The van der Waals surface area contributed by atoms with Gasteiger partial charge in [-0.15, -0.1) is 0 Å². The third kappa shape index (κ3) is 6.03. The molecule has 0 aliphatic carbocycles. The lowest BCUT2D eigenvalue weighted by molar-refractivity contribution is -0.137. The largest absolute Gasteiger partial charge is 0.494 e. The minimum atomic E-state index is -4.35. The number of hydrogen-bond donors (Lipinski definition) is 1. The van der Waals surface area contributed by atoms with Crippen LogP contribution >= 0.6 is 0 Å². The van der Waals surface area contributed by atoms with E-state index in [1.54, 1.807) is 4.90 Å². The van der Waals surface area contributed by atoms with Crippen molar-refractivity contribution in [2.45, 2.75) is 57.3 Å². The SMILES string of the molecule is CC1CCCN1CCCOc1ccc(N2C(=O)CCC2CNc2ccc(C(F)(F)F)cc2)cc1. The number of carbonyl (C=O) groups excluding carboxylic acids is 1. The van der Waals surface area contributed by atoms with E-state index < -0.39 is 11.7 Å². The molecule has 2 saturated heterocycles. The number of benzene rings is 2. The van der Waals surface area contributed by atoms with Crippen LogP contribution in [0.1, 0.15) is 44.6 Å². The van der Waals surface area contributed by atoms with Gasteiger partial charge in [-0.05, 0) is 87.7 Å². The Bertz CT molecular complexity index is 947. The molecule has 2 atom stereocenters. The molecule has 2 aromatic rings. The van der Waals surface area contributed by atoms with Gasteiger partial charge in [0.1, 0.15) is 5.75 Å². The first kappa shape index (κ1) is 24.4. The number of alkyl halides is 3. The Balaban J connectivity index is 1.28. The van der Waals surface area contributed by atoms with E-state index >= 15 is 0 Å². The summed E-state index contributed by atoms with van der Waals surface area (Å²) < 4.78 is 44.1. The van der Waals surface area contributed by atoms with Crippen molar-refractivity contribution in [1.29, 1.82) is 0 Å². The van der Waals surface area contributed by atoms with Gasteiger partial charge < -0.3 is 19.9 Å². The number of ether oxygens (including phenoxy) is 1. The number of carbonyl (C=O) groups is 1. The summed E-state index contributed by atoms with van der Waals surface area (Å²) in [5, 5.41) is 3.17. The Kier molecular flexibility index (Phi) is 7.66. The molecule has 4 rings (SSSR count). The van der Waals surface area contributed by atoms with Gasteiger partial charge in [0.2, 0.25) is 5.91 Å². The molecule has 2 aliphatic rings. The molecule has 0 spiro atoms. The molecule has 8 heteroatoms. The summed E-state index contributed by atoms with van der Waals surface area (Å²) in [6.45, 7) is 5.62. The molecule has 2 heterocycles. The molecule has 0 bridgehead atoms. The number of nitrogens with zero attached hydrogens (tertiary/aromatic N) is 2. The highest BCUT2D eigenvalue weighted by Gasteiger charge is 2.32. The summed E-state index contributed by atoms with van der Waals surface area (Å²) in [5.41, 5.74) is 0.725. The smallest absolute Gasteiger partial charge is 0.416 e. The first-order valence-corrected chi connectivity index (χ1v) is 12.0. The van der Waals surface area contributed by atoms with Gasteiger partial charge in [-0.1, -0.05) is 0 Å². The minimum Gasteiger partial charge on any atom is -0.494 e. The zero-order chi connectivity index (χ0) is 24.1. The van der Waals surface area contributed by atoms with Crippen LogP contribution in [0.15, 0.2) is 48.5 Å². The van der Waals surface area contributed by atoms with Crippen LogP contribution in [-0.2, 0) is 11.0 Å². The van der Waals surface area contributed by atoms with Crippen molar-refractivity contribution in [3.05, 3.63) is 54.1 Å². The third-order valence-corrected chi connectivity index (χ3v) is 6.74. The van der Waals surface area contributed by atoms with Gasteiger partial charge in [-0.2, -0.15) is 13.2 Å². The quantitative estimate of drug-likeness (QED) is 0.482. The molecule has 2 fully saturated rings. The van der Waals surface area contributed by atoms with Crippen LogP contribution < -0.4 is 15.0 Å². The molecule has 2 unspecified atom stereocenters. The molecule has 0 aromatic heterocycles. The van der Waals surface area contributed by atoms with E-state index in [0.29, 0.717) is 37.7 Å². The second-order valence-electron chi connectivity index (χ2n) is 9.14. The summed E-state index contributed by atoms with van der Waals surface area (Å²) in [4.78, 5) is 16.8. The number of hydrogen-bond acceptors (Lipinski definition) is 4. The minimum absolute atomic E-state index is 0.0487. The van der Waals surface area contributed by atoms with E-state index in [-0.39, 0.29) is 11.9 Å². The number of rotatable bonds is 9. The molecular weight excluding hydrogens is 443 g/mol. The lowest BCUT2D eigenvalue weighted by Gasteiger charge is -2.26. The Morgan fingerprint density at radius 3 is 2.44 bits per heavy atom. The van der Waals surface area contributed by atoms with Gasteiger partial charge in [-0.3, -0.25) is 4.79 Å². The summed E-state index contributed by atoms with van der Waals surface area (Å²) >= 11 is 0. The van der Waals surface area contributed by atoms with Crippen molar-refractivity contribution in [1.82, 2.24) is 4.90 Å². The molecule has 2 aromatic carbocycles. The summed E-state index contributed by atoms with van der Waals surface area (Å²) in [6.07, 6.45) is 0.327. The average Bonchev–Trinajstić information content (AvgIpc) is 3.40. The van der Waals surface area contributed by atoms with Crippen molar-refractivity contribution in [2.24, 2.45) is 0 Å². The standard InChI is InChI=1S/C26H32F3N3O2/c1-19-4-2-15-31(19)16-3-17-34-24-12-9-22(10-13-24)32-23(11-14-25(32)33)18-30-21-7-5-20(6-8-21)26(27,28)29/h5-10,12-13,19,23,30H,2-4,11,14-18H2,1H3. The monoisotopic (exact) mass is 475 g/mol. The van der Waals surface area contributed by atoms with E-state index in [4.69, 9.17) is 4.74 Å². The second kappa shape index (κ2) is 10.7. The van der Waals surface area contributed by atoms with Gasteiger partial charge in [0.15, 0.2) is 0 Å². The summed E-state index contributed by atoms with van der Waals surface area (Å²) in [5.74, 6) is 0.830. The number of halogens is 3. The van der Waals surface area contributed by atoms with Crippen molar-refractivity contribution in [2.75, 3.05) is 36.5 Å². The highest BCUT2D eigenvalue weighted by Crippen LogP contribution is 2.31. The number of nitrogens with one attached hydrogen (secondary N) is 1. The average molecular weight is 476 g/mol. The maximum absolute atomic E-state index is 12.8. The summed E-state index contributed by atoms with van der Waals surface area (Å²) in [6, 6.07) is 13.1. The maximum atomic E-state index is 12.8. The van der Waals surface area contributed by atoms with Crippen LogP contribution in [0.4, 0.5) is 24.5 Å². The van der Waals surface area contributed by atoms with E-state index in [1.165, 1.54) is 31.5 Å². The molecule has 34 heavy (non-hydrogen) atoms. The first-order valence-electron chi connectivity index (χ1n) is 12.0. The molecule has 5 nitrogen and oxygen atoms in total. The zero-order valence-corrected chi connectivity index (χ0v) is 19.5. The van der Waals surface area contributed by atoms with E-state index in [9.17, 15) is 18.0 Å². The van der Waals surface area contributed by atoms with Crippen molar-refractivity contribution < 1.29 is 22.7 Å². The Labute approximate surface area is 198 Å². The van der Waals surface area contributed by atoms with Crippen LogP contribution in [0.3, 0.4) is 0 Å². The molecule has 1 amide bonds. The zero-order valence-electron chi connectivity index (χ0n) is 19.5. The van der Waals surface area contributed by atoms with E-state index in [0.717, 1.165) is 36.5 Å². The third-order valence-electron chi connectivity index (χ3n) is 6.74. The topological polar surface area (TPSA) is 44.8 Å². The predicted octanol–water partition coefficient (Wildman–Crippen LogP) is 5.57. The van der Waals surface area contributed by atoms with Gasteiger partial charge >= 0.3 is 6.18 Å². The highest BCUT2D eigenvalue weighted by atomic mass is 19.4. The Morgan fingerprint density at radius 2 is 1.79 bits per heavy atom. The summed E-state index contributed by atoms with van der Waals surface area (Å²) in [7, 11) is 0. The highest BCUT2D eigenvalue weighted by molar-refractivity contribution is 5.96. The molecule has 1 N–H and O–H groups in total. The van der Waals surface area contributed by atoms with Crippen LogP contribution in [0.25, 0.3) is 0 Å². The first-order chi connectivity index (χ1) is 16.3. The lowest BCUT2D eigenvalue weighted by atomic mass is 10.1. The Morgan fingerprint density at radius 1 is 1.06 bits per heavy atom. The number of anilines is 2. The molecule has 2 aliphatic heterocycles. The lowest BCUT2D eigenvalue weighted by Crippen LogP contribution is -2.37. The van der Waals surface area contributed by atoms with E-state index in [1.807, 2.05) is 24.3 Å². The molecule has 0 radical (unpaired) electrons. The van der Waals surface area contributed by atoms with Gasteiger partial charge in [0, 0.05) is 36.9 Å². The molecule has 184 valence electrons. The number of amides is 1. The van der Waals surface area contributed by atoms with Crippen molar-refractivity contribution >= 4 is 17.3 Å². The molecule has 0 saturated carbocycles. The van der Waals surface area contributed by atoms with Crippen LogP contribution in [0.5, 0.6) is 5.75 Å². The fourth-order valence-corrected chi connectivity index (χ4v) is 4.79. The van der Waals surface area contributed by atoms with Gasteiger partial charge in [-0.25, -0.2) is 0 Å². The van der Waals surface area contributed by atoms with Crippen LogP contribution in [-0.4, -0.2) is 49.1 Å². The van der Waals surface area contributed by atoms with Gasteiger partial charge in [0.05, 0.1) is 18.2 Å². The van der Waals surface area contributed by atoms with Crippen LogP contribution in [0, 0.1) is 0 Å². The second-order valence-corrected chi connectivity index (χ2v) is 9.14. The fourth-order valence-electron chi connectivity index (χ4n) is 4.79. The van der Waals surface area contributed by atoms with Crippen molar-refractivity contribution in [3.8, 4) is 5.75 Å². The normalized spacial score (nSPS) is 21.3. The van der Waals surface area contributed by atoms with E-state index in [2.05, 4.69) is 17.1 Å². The molecular formula is C26H32F3N3O2.